The summed E-state index contributed by atoms with van der Waals surface area (Å²) < 4.78 is 0. The lowest BCUT2D eigenvalue weighted by Gasteiger charge is -2.28. The number of benzene rings is 1. The van der Waals surface area contributed by atoms with Crippen LogP contribution in [0.25, 0.3) is 11.3 Å². The maximum Gasteiger partial charge on any atom is 0.335 e. The molecule has 11 heteroatoms. The van der Waals surface area contributed by atoms with Crippen LogP contribution in [0, 0.1) is 11.3 Å². The summed E-state index contributed by atoms with van der Waals surface area (Å²) in [6.07, 6.45) is 4.52. The molecule has 1 aromatic carbocycles. The Morgan fingerprint density at radius 1 is 1.32 bits per heavy atom. The molecule has 0 bridgehead atoms. The number of aromatic carboxylic acids is 1. The SMILES string of the molecule is CN1C=C(C#N)C(=O)NC1/N=C/C(=C\N)C(=O)NCc1ccc(-c2ccc(C(=O)O)cc2)nc1. The van der Waals surface area contributed by atoms with Crippen LogP contribution in [-0.2, 0) is 16.1 Å². The maximum absolute atomic E-state index is 12.5. The van der Waals surface area contributed by atoms with E-state index in [9.17, 15) is 14.4 Å². The second kappa shape index (κ2) is 10.6. The Bertz CT molecular complexity index is 1230. The molecule has 2 heterocycles. The molecule has 1 aromatic heterocycles. The largest absolute Gasteiger partial charge is 0.478 e. The number of carbonyl (C=O) groups is 3. The van der Waals surface area contributed by atoms with Gasteiger partial charge in [-0.3, -0.25) is 14.6 Å². The van der Waals surface area contributed by atoms with E-state index in [0.29, 0.717) is 5.69 Å². The highest BCUT2D eigenvalue weighted by Crippen LogP contribution is 2.18. The Labute approximate surface area is 194 Å². The van der Waals surface area contributed by atoms with Crippen molar-refractivity contribution in [2.45, 2.75) is 12.8 Å². The summed E-state index contributed by atoms with van der Waals surface area (Å²) in [6, 6.07) is 11.7. The maximum atomic E-state index is 12.5. The molecule has 0 radical (unpaired) electrons. The number of nitrogens with one attached hydrogen (secondary N) is 2. The lowest BCUT2D eigenvalue weighted by atomic mass is 10.1. The van der Waals surface area contributed by atoms with Crippen molar-refractivity contribution in [1.29, 1.82) is 5.26 Å². The molecule has 172 valence electrons. The Hall–Kier alpha value is -4.98. The number of carboxylic acids is 1. The van der Waals surface area contributed by atoms with E-state index in [-0.39, 0.29) is 23.3 Å². The highest BCUT2D eigenvalue weighted by atomic mass is 16.4. The average Bonchev–Trinajstić information content (AvgIpc) is 2.85. The third-order valence-corrected chi connectivity index (χ3v) is 4.85. The minimum atomic E-state index is -0.998. The van der Waals surface area contributed by atoms with Gasteiger partial charge in [-0.2, -0.15) is 5.26 Å². The summed E-state index contributed by atoms with van der Waals surface area (Å²) in [5.74, 6) is -2.03. The molecular formula is C23H21N7O4. The molecule has 0 aliphatic carbocycles. The number of carbonyl (C=O) groups excluding carboxylic acids is 2. The number of aromatic nitrogens is 1. The van der Waals surface area contributed by atoms with Gasteiger partial charge in [-0.05, 0) is 23.8 Å². The molecule has 1 atom stereocenters. The van der Waals surface area contributed by atoms with Crippen LogP contribution in [-0.4, -0.2) is 52.3 Å². The van der Waals surface area contributed by atoms with Crippen molar-refractivity contribution in [3.8, 4) is 17.3 Å². The van der Waals surface area contributed by atoms with Gasteiger partial charge in [0.05, 0.1) is 16.8 Å². The summed E-state index contributed by atoms with van der Waals surface area (Å²) in [5.41, 5.74) is 7.95. The predicted molar refractivity (Wildman–Crippen MR) is 123 cm³/mol. The van der Waals surface area contributed by atoms with Gasteiger partial charge in [0.1, 0.15) is 11.6 Å². The Morgan fingerprint density at radius 2 is 2.06 bits per heavy atom. The van der Waals surface area contributed by atoms with Crippen LogP contribution < -0.4 is 16.4 Å². The molecule has 0 fully saturated rings. The fraction of sp³-hybridized carbons (Fsp3) is 0.130. The molecule has 2 aromatic rings. The second-order valence-corrected chi connectivity index (χ2v) is 7.18. The summed E-state index contributed by atoms with van der Waals surface area (Å²) in [6.45, 7) is 0.184. The first-order valence-electron chi connectivity index (χ1n) is 9.99. The second-order valence-electron chi connectivity index (χ2n) is 7.18. The minimum Gasteiger partial charge on any atom is -0.478 e. The molecule has 5 N–H and O–H groups in total. The van der Waals surface area contributed by atoms with E-state index in [1.807, 2.05) is 0 Å². The van der Waals surface area contributed by atoms with Crippen LogP contribution in [0.5, 0.6) is 0 Å². The Kier molecular flexibility index (Phi) is 7.35. The van der Waals surface area contributed by atoms with Gasteiger partial charge in [0.2, 0.25) is 0 Å². The Balaban J connectivity index is 1.58. The van der Waals surface area contributed by atoms with E-state index in [4.69, 9.17) is 16.1 Å². The van der Waals surface area contributed by atoms with Gasteiger partial charge in [-0.1, -0.05) is 18.2 Å². The van der Waals surface area contributed by atoms with Gasteiger partial charge < -0.3 is 26.4 Å². The molecule has 11 nitrogen and oxygen atoms in total. The fourth-order valence-corrected chi connectivity index (χ4v) is 2.95. The number of nitriles is 1. The average molecular weight is 459 g/mol. The summed E-state index contributed by atoms with van der Waals surface area (Å²) in [5, 5.41) is 23.1. The van der Waals surface area contributed by atoms with Crippen LogP contribution in [0.1, 0.15) is 15.9 Å². The quantitative estimate of drug-likeness (QED) is 0.346. The zero-order chi connectivity index (χ0) is 24.7. The highest BCUT2D eigenvalue weighted by Gasteiger charge is 2.23. The van der Waals surface area contributed by atoms with Crippen molar-refractivity contribution in [2.75, 3.05) is 7.05 Å². The topological polar surface area (TPSA) is 174 Å². The third-order valence-electron chi connectivity index (χ3n) is 4.85. The van der Waals surface area contributed by atoms with E-state index in [0.717, 1.165) is 17.3 Å². The van der Waals surface area contributed by atoms with Crippen LogP contribution in [0.2, 0.25) is 0 Å². The third kappa shape index (κ3) is 5.63. The predicted octanol–water partition coefficient (Wildman–Crippen LogP) is 0.729. The normalized spacial score (nSPS) is 15.9. The molecule has 0 spiro atoms. The first-order valence-corrected chi connectivity index (χ1v) is 9.99. The molecule has 2 amide bonds. The van der Waals surface area contributed by atoms with Gasteiger partial charge >= 0.3 is 5.97 Å². The minimum absolute atomic E-state index is 0.0433. The number of nitrogens with zero attached hydrogens (tertiary/aromatic N) is 4. The number of hydrogen-bond acceptors (Lipinski definition) is 8. The van der Waals surface area contributed by atoms with Crippen LogP contribution >= 0.6 is 0 Å². The van der Waals surface area contributed by atoms with Crippen molar-refractivity contribution in [3.05, 3.63) is 77.3 Å². The summed E-state index contributed by atoms with van der Waals surface area (Å²) in [4.78, 5) is 45.2. The van der Waals surface area contributed by atoms with E-state index in [2.05, 4.69) is 20.6 Å². The zero-order valence-electron chi connectivity index (χ0n) is 18.1. The first kappa shape index (κ1) is 23.7. The first-order chi connectivity index (χ1) is 16.3. The van der Waals surface area contributed by atoms with E-state index in [1.54, 1.807) is 43.6 Å². The van der Waals surface area contributed by atoms with Gasteiger partial charge in [-0.25, -0.2) is 9.79 Å². The number of hydrogen-bond donors (Lipinski definition) is 4. The number of carboxylic acid groups (broad SMARTS) is 1. The highest BCUT2D eigenvalue weighted by molar-refractivity contribution is 6.12. The van der Waals surface area contributed by atoms with Crippen molar-refractivity contribution >= 4 is 24.0 Å². The Morgan fingerprint density at radius 3 is 2.65 bits per heavy atom. The van der Waals surface area contributed by atoms with Crippen molar-refractivity contribution in [3.63, 3.8) is 0 Å². The summed E-state index contributed by atoms with van der Waals surface area (Å²) in [7, 11) is 1.63. The lowest BCUT2D eigenvalue weighted by molar-refractivity contribution is -0.119. The van der Waals surface area contributed by atoms with E-state index >= 15 is 0 Å². The number of pyridine rings is 1. The molecule has 0 saturated heterocycles. The van der Waals surface area contributed by atoms with Gasteiger partial charge in [0, 0.05) is 44.0 Å². The molecule has 0 saturated carbocycles. The summed E-state index contributed by atoms with van der Waals surface area (Å²) >= 11 is 0. The molecule has 3 rings (SSSR count). The van der Waals surface area contributed by atoms with Gasteiger partial charge in [-0.15, -0.1) is 0 Å². The monoisotopic (exact) mass is 459 g/mol. The number of rotatable bonds is 7. The van der Waals surface area contributed by atoms with E-state index < -0.39 is 24.1 Å². The molecular weight excluding hydrogens is 438 g/mol. The zero-order valence-corrected chi connectivity index (χ0v) is 18.1. The smallest absolute Gasteiger partial charge is 0.335 e. The fourth-order valence-electron chi connectivity index (χ4n) is 2.95. The van der Waals surface area contributed by atoms with Gasteiger partial charge in [0.15, 0.2) is 6.29 Å². The number of nitrogens with two attached hydrogens (primary N) is 1. The van der Waals surface area contributed by atoms with Gasteiger partial charge in [0.25, 0.3) is 11.8 Å². The molecule has 1 aliphatic heterocycles. The molecule has 1 unspecified atom stereocenters. The van der Waals surface area contributed by atoms with Crippen LogP contribution in [0.15, 0.2) is 71.1 Å². The standard InChI is InChI=1S/C23H21N7O4/c1-30-13-18(9-25)21(32)29-23(30)28-12-17(8-24)20(31)27-11-14-2-7-19(26-10-14)15-3-5-16(6-4-15)22(33)34/h2-8,10,12-13,23H,11,24H2,1H3,(H,27,31)(H,29,32)(H,33,34)/b17-8+,28-12+. The van der Waals surface area contributed by atoms with Crippen LogP contribution in [0.3, 0.4) is 0 Å². The lowest BCUT2D eigenvalue weighted by Crippen LogP contribution is -2.47. The van der Waals surface area contributed by atoms with Crippen molar-refractivity contribution in [1.82, 2.24) is 20.5 Å². The van der Waals surface area contributed by atoms with Crippen molar-refractivity contribution < 1.29 is 19.5 Å². The molecule has 1 aliphatic rings. The number of aliphatic imine (C=N–C) groups is 1. The van der Waals surface area contributed by atoms with Crippen LogP contribution in [0.4, 0.5) is 0 Å². The van der Waals surface area contributed by atoms with Crippen molar-refractivity contribution in [2.24, 2.45) is 10.7 Å². The molecule has 34 heavy (non-hydrogen) atoms. The van der Waals surface area contributed by atoms with E-state index in [1.165, 1.54) is 29.4 Å². The number of amides is 2.